The van der Waals surface area contributed by atoms with Crippen molar-refractivity contribution >= 4 is 23.5 Å². The van der Waals surface area contributed by atoms with Crippen molar-refractivity contribution in [1.82, 2.24) is 0 Å². The normalized spacial score (nSPS) is 10.6. The highest BCUT2D eigenvalue weighted by molar-refractivity contribution is 6.07. The number of nitrogens with one attached hydrogen (secondary N) is 1. The zero-order chi connectivity index (χ0) is 15.2. The largest absolute Gasteiger partial charge is 0.326 e. The van der Waals surface area contributed by atoms with E-state index in [-0.39, 0.29) is 11.7 Å². The second-order valence-corrected chi connectivity index (χ2v) is 4.87. The number of allylic oxidation sites excluding steroid dienone is 1. The Labute approximate surface area is 124 Å². The molecule has 0 fully saturated rings. The van der Waals surface area contributed by atoms with Crippen molar-refractivity contribution in [2.45, 2.75) is 13.8 Å². The smallest absolute Gasteiger partial charge is 0.221 e. The SMILES string of the molecule is CC(=O)Nc1cccc(C(=O)/C=C/c2ccc(C)cc2)c1. The number of ketones is 1. The number of aryl methyl sites for hydroxylation is 1. The molecule has 0 unspecified atom stereocenters. The lowest BCUT2D eigenvalue weighted by Gasteiger charge is -2.03. The Bertz CT molecular complexity index is 685. The molecule has 0 atom stereocenters. The first-order valence-electron chi connectivity index (χ1n) is 6.71. The lowest BCUT2D eigenvalue weighted by molar-refractivity contribution is -0.114. The molecule has 0 saturated carbocycles. The average molecular weight is 279 g/mol. The zero-order valence-electron chi connectivity index (χ0n) is 12.1. The summed E-state index contributed by atoms with van der Waals surface area (Å²) in [4.78, 5) is 23.1. The Hall–Kier alpha value is -2.68. The van der Waals surface area contributed by atoms with Crippen molar-refractivity contribution < 1.29 is 9.59 Å². The monoisotopic (exact) mass is 279 g/mol. The molecular weight excluding hydrogens is 262 g/mol. The van der Waals surface area contributed by atoms with Crippen LogP contribution in [0.25, 0.3) is 6.08 Å². The fraction of sp³-hybridized carbons (Fsp3) is 0.111. The van der Waals surface area contributed by atoms with Crippen LogP contribution in [0.2, 0.25) is 0 Å². The highest BCUT2D eigenvalue weighted by Crippen LogP contribution is 2.13. The minimum absolute atomic E-state index is 0.0947. The zero-order valence-corrected chi connectivity index (χ0v) is 12.1. The molecule has 0 aliphatic carbocycles. The number of anilines is 1. The van der Waals surface area contributed by atoms with E-state index >= 15 is 0 Å². The second-order valence-electron chi connectivity index (χ2n) is 4.87. The van der Waals surface area contributed by atoms with Crippen molar-refractivity contribution in [3.8, 4) is 0 Å². The van der Waals surface area contributed by atoms with Gasteiger partial charge in [-0.3, -0.25) is 9.59 Å². The third-order valence-corrected chi connectivity index (χ3v) is 2.97. The molecule has 0 spiro atoms. The van der Waals surface area contributed by atoms with Crippen LogP contribution in [0.5, 0.6) is 0 Å². The fourth-order valence-electron chi connectivity index (χ4n) is 1.90. The Morgan fingerprint density at radius 1 is 1.05 bits per heavy atom. The summed E-state index contributed by atoms with van der Waals surface area (Å²) in [5.41, 5.74) is 3.33. The Morgan fingerprint density at radius 2 is 1.76 bits per heavy atom. The van der Waals surface area contributed by atoms with Crippen molar-refractivity contribution in [3.63, 3.8) is 0 Å². The van der Waals surface area contributed by atoms with Crippen LogP contribution in [0, 0.1) is 6.92 Å². The van der Waals surface area contributed by atoms with E-state index in [4.69, 9.17) is 0 Å². The molecule has 3 nitrogen and oxygen atoms in total. The first-order chi connectivity index (χ1) is 10.0. The second kappa shape index (κ2) is 6.66. The van der Waals surface area contributed by atoms with Crippen LogP contribution in [0.3, 0.4) is 0 Å². The van der Waals surface area contributed by atoms with Gasteiger partial charge in [0, 0.05) is 18.2 Å². The minimum Gasteiger partial charge on any atom is -0.326 e. The maximum Gasteiger partial charge on any atom is 0.221 e. The Kier molecular flexibility index (Phi) is 4.67. The van der Waals surface area contributed by atoms with Gasteiger partial charge in [-0.2, -0.15) is 0 Å². The third-order valence-electron chi connectivity index (χ3n) is 2.97. The van der Waals surface area contributed by atoms with E-state index in [1.807, 2.05) is 31.2 Å². The number of hydrogen-bond donors (Lipinski definition) is 1. The van der Waals surface area contributed by atoms with Crippen LogP contribution >= 0.6 is 0 Å². The molecule has 0 aliphatic rings. The van der Waals surface area contributed by atoms with Crippen LogP contribution < -0.4 is 5.32 Å². The van der Waals surface area contributed by atoms with Crippen molar-refractivity contribution in [3.05, 3.63) is 71.3 Å². The summed E-state index contributed by atoms with van der Waals surface area (Å²) >= 11 is 0. The topological polar surface area (TPSA) is 46.2 Å². The van der Waals surface area contributed by atoms with E-state index in [2.05, 4.69) is 5.32 Å². The molecule has 0 aromatic heterocycles. The maximum atomic E-state index is 12.1. The standard InChI is InChI=1S/C18H17NO2/c1-13-6-8-15(9-7-13)10-11-18(21)16-4-3-5-17(12-16)19-14(2)20/h3-12H,1-2H3,(H,19,20)/b11-10+. The quantitative estimate of drug-likeness (QED) is 0.682. The lowest BCUT2D eigenvalue weighted by Crippen LogP contribution is -2.06. The molecule has 1 N–H and O–H groups in total. The molecule has 0 saturated heterocycles. The van der Waals surface area contributed by atoms with Gasteiger partial charge in [0.05, 0.1) is 0 Å². The molecule has 2 aromatic carbocycles. The molecule has 0 bridgehead atoms. The average Bonchev–Trinajstić information content (AvgIpc) is 2.46. The molecular formula is C18H17NO2. The molecule has 3 heteroatoms. The van der Waals surface area contributed by atoms with Crippen molar-refractivity contribution in [2.24, 2.45) is 0 Å². The highest BCUT2D eigenvalue weighted by atomic mass is 16.1. The van der Waals surface area contributed by atoms with Gasteiger partial charge in [0.15, 0.2) is 5.78 Å². The van der Waals surface area contributed by atoms with Crippen LogP contribution in [0.4, 0.5) is 5.69 Å². The van der Waals surface area contributed by atoms with E-state index in [0.29, 0.717) is 11.3 Å². The predicted octanol–water partition coefficient (Wildman–Crippen LogP) is 3.85. The summed E-state index contributed by atoms with van der Waals surface area (Å²) in [7, 11) is 0. The number of carbonyl (C=O) groups excluding carboxylic acids is 2. The molecule has 21 heavy (non-hydrogen) atoms. The van der Waals surface area contributed by atoms with Crippen LogP contribution in [0.1, 0.15) is 28.4 Å². The van der Waals surface area contributed by atoms with Gasteiger partial charge in [0.1, 0.15) is 0 Å². The van der Waals surface area contributed by atoms with Gasteiger partial charge >= 0.3 is 0 Å². The van der Waals surface area contributed by atoms with E-state index < -0.39 is 0 Å². The van der Waals surface area contributed by atoms with Gasteiger partial charge in [-0.25, -0.2) is 0 Å². The summed E-state index contributed by atoms with van der Waals surface area (Å²) in [6.45, 7) is 3.46. The van der Waals surface area contributed by atoms with Crippen LogP contribution in [-0.2, 0) is 4.79 Å². The minimum atomic E-state index is -0.158. The molecule has 0 aliphatic heterocycles. The Morgan fingerprint density at radius 3 is 2.43 bits per heavy atom. The maximum absolute atomic E-state index is 12.1. The lowest BCUT2D eigenvalue weighted by atomic mass is 10.1. The highest BCUT2D eigenvalue weighted by Gasteiger charge is 2.03. The first-order valence-corrected chi connectivity index (χ1v) is 6.71. The summed E-state index contributed by atoms with van der Waals surface area (Å²) in [5, 5.41) is 2.66. The van der Waals surface area contributed by atoms with Gasteiger partial charge in [0.2, 0.25) is 5.91 Å². The number of carbonyl (C=O) groups is 2. The van der Waals surface area contributed by atoms with E-state index in [9.17, 15) is 9.59 Å². The Balaban J connectivity index is 2.12. The van der Waals surface area contributed by atoms with Crippen molar-refractivity contribution in [1.29, 1.82) is 0 Å². The molecule has 2 rings (SSSR count). The number of hydrogen-bond acceptors (Lipinski definition) is 2. The molecule has 1 amide bonds. The molecule has 106 valence electrons. The summed E-state index contributed by atoms with van der Waals surface area (Å²) in [5.74, 6) is -0.252. The van der Waals surface area contributed by atoms with Crippen LogP contribution in [-0.4, -0.2) is 11.7 Å². The molecule has 0 radical (unpaired) electrons. The third kappa shape index (κ3) is 4.42. The first kappa shape index (κ1) is 14.7. The summed E-state index contributed by atoms with van der Waals surface area (Å²) in [6.07, 6.45) is 3.32. The van der Waals surface area contributed by atoms with E-state index in [1.165, 1.54) is 18.6 Å². The van der Waals surface area contributed by atoms with E-state index in [1.54, 1.807) is 30.3 Å². The van der Waals surface area contributed by atoms with Gasteiger partial charge < -0.3 is 5.32 Å². The summed E-state index contributed by atoms with van der Waals surface area (Å²) in [6, 6.07) is 14.8. The number of rotatable bonds is 4. The van der Waals surface area contributed by atoms with Crippen LogP contribution in [0.15, 0.2) is 54.6 Å². The van der Waals surface area contributed by atoms with Gasteiger partial charge in [-0.05, 0) is 30.7 Å². The molecule has 0 heterocycles. The molecule has 2 aromatic rings. The van der Waals surface area contributed by atoms with Crippen molar-refractivity contribution in [2.75, 3.05) is 5.32 Å². The van der Waals surface area contributed by atoms with E-state index in [0.717, 1.165) is 5.56 Å². The summed E-state index contributed by atoms with van der Waals surface area (Å²) < 4.78 is 0. The predicted molar refractivity (Wildman–Crippen MR) is 85.3 cm³/mol. The fourth-order valence-corrected chi connectivity index (χ4v) is 1.90. The van der Waals surface area contributed by atoms with Gasteiger partial charge in [0.25, 0.3) is 0 Å². The number of amides is 1. The number of benzene rings is 2. The van der Waals surface area contributed by atoms with Gasteiger partial charge in [-0.15, -0.1) is 0 Å². The van der Waals surface area contributed by atoms with Gasteiger partial charge in [-0.1, -0.05) is 48.0 Å².